The Bertz CT molecular complexity index is 744. The summed E-state index contributed by atoms with van der Waals surface area (Å²) < 4.78 is 1.49. The Balaban J connectivity index is 1.83. The molecular formula is C21H27N3O4. The third-order valence-electron chi connectivity index (χ3n) is 4.46. The highest BCUT2D eigenvalue weighted by molar-refractivity contribution is 5.89. The van der Waals surface area contributed by atoms with E-state index in [0.717, 1.165) is 18.4 Å². The Morgan fingerprint density at radius 1 is 0.857 bits per heavy atom. The first-order valence-corrected chi connectivity index (χ1v) is 9.53. The molecule has 2 rings (SSSR count). The van der Waals surface area contributed by atoms with Crippen LogP contribution in [-0.4, -0.2) is 33.5 Å². The van der Waals surface area contributed by atoms with Gasteiger partial charge in [0.05, 0.1) is 0 Å². The van der Waals surface area contributed by atoms with Gasteiger partial charge in [0.15, 0.2) is 0 Å². The van der Waals surface area contributed by atoms with E-state index in [1.54, 1.807) is 30.0 Å². The van der Waals surface area contributed by atoms with Gasteiger partial charge >= 0.3 is 0 Å². The maximum atomic E-state index is 12.7. The number of carbonyl (C=O) groups is 3. The lowest BCUT2D eigenvalue weighted by molar-refractivity contribution is -0.129. The predicted octanol–water partition coefficient (Wildman–Crippen LogP) is 2.70. The van der Waals surface area contributed by atoms with Gasteiger partial charge in [-0.15, -0.1) is 0 Å². The fraction of sp³-hybridized carbons (Fsp3) is 0.381. The van der Waals surface area contributed by atoms with Crippen LogP contribution in [0.5, 0.6) is 0 Å². The molecule has 0 saturated carbocycles. The molecule has 1 atom stereocenters. The van der Waals surface area contributed by atoms with Crippen LogP contribution >= 0.6 is 0 Å². The van der Waals surface area contributed by atoms with Gasteiger partial charge in [-0.1, -0.05) is 43.2 Å². The van der Waals surface area contributed by atoms with Crippen LogP contribution in [0.1, 0.15) is 48.9 Å². The smallest absolute Gasteiger partial charge is 0.253 e. The molecule has 0 aliphatic carbocycles. The minimum atomic E-state index is -0.629. The molecule has 0 radical (unpaired) electrons. The standard InChI is InChI=1S/C21H27N3O4/c25-19(12-6-1-2-7-13-20(26)23-28)22-18(16-17-10-4-3-5-11-17)21(27)24-14-8-9-15-24/h3-5,8-11,14-15,18,28H,1-2,6-7,12-13,16H2,(H,22,25)(H,23,26)/t18-/m0/s1. The summed E-state index contributed by atoms with van der Waals surface area (Å²) in [7, 11) is 0. The number of aromatic nitrogens is 1. The maximum Gasteiger partial charge on any atom is 0.253 e. The van der Waals surface area contributed by atoms with Gasteiger partial charge < -0.3 is 5.32 Å². The number of hydrogen-bond donors (Lipinski definition) is 3. The second-order valence-electron chi connectivity index (χ2n) is 6.69. The molecule has 3 N–H and O–H groups in total. The first-order chi connectivity index (χ1) is 13.6. The Morgan fingerprint density at radius 3 is 2.07 bits per heavy atom. The number of hydroxylamine groups is 1. The molecule has 0 saturated heterocycles. The van der Waals surface area contributed by atoms with Crippen molar-refractivity contribution >= 4 is 17.7 Å². The SMILES string of the molecule is O=C(CCCCCCC(=O)N[C@@H](Cc1ccccc1)C(=O)n1cccc1)NO. The van der Waals surface area contributed by atoms with Crippen LogP contribution in [0.15, 0.2) is 54.9 Å². The number of carbonyl (C=O) groups excluding carboxylic acids is 3. The second kappa shape index (κ2) is 11.7. The lowest BCUT2D eigenvalue weighted by Crippen LogP contribution is -2.44. The summed E-state index contributed by atoms with van der Waals surface area (Å²) in [4.78, 5) is 36.0. The van der Waals surface area contributed by atoms with E-state index in [-0.39, 0.29) is 18.2 Å². The van der Waals surface area contributed by atoms with Gasteiger partial charge in [0, 0.05) is 31.7 Å². The van der Waals surface area contributed by atoms with Gasteiger partial charge in [-0.25, -0.2) is 5.48 Å². The largest absolute Gasteiger partial charge is 0.344 e. The average Bonchev–Trinajstić information content (AvgIpc) is 3.25. The van der Waals surface area contributed by atoms with Crippen LogP contribution in [0.2, 0.25) is 0 Å². The topological polar surface area (TPSA) is 100 Å². The average molecular weight is 385 g/mol. The van der Waals surface area contributed by atoms with Gasteiger partial charge in [0.1, 0.15) is 6.04 Å². The van der Waals surface area contributed by atoms with Crippen LogP contribution in [0.25, 0.3) is 0 Å². The van der Waals surface area contributed by atoms with Crippen molar-refractivity contribution in [2.24, 2.45) is 0 Å². The van der Waals surface area contributed by atoms with Gasteiger partial charge in [-0.05, 0) is 30.5 Å². The minimum Gasteiger partial charge on any atom is -0.344 e. The summed E-state index contributed by atoms with van der Waals surface area (Å²) >= 11 is 0. The number of nitrogens with one attached hydrogen (secondary N) is 2. The Kier molecular flexibility index (Phi) is 8.94. The lowest BCUT2D eigenvalue weighted by Gasteiger charge is -2.18. The molecule has 1 aromatic carbocycles. The van der Waals surface area contributed by atoms with Crippen molar-refractivity contribution in [3.63, 3.8) is 0 Å². The number of amides is 2. The van der Waals surface area contributed by atoms with E-state index in [9.17, 15) is 14.4 Å². The van der Waals surface area contributed by atoms with E-state index < -0.39 is 11.9 Å². The predicted molar refractivity (Wildman–Crippen MR) is 105 cm³/mol. The summed E-state index contributed by atoms with van der Waals surface area (Å²) in [6.07, 6.45) is 7.34. The monoisotopic (exact) mass is 385 g/mol. The molecule has 1 heterocycles. The zero-order valence-electron chi connectivity index (χ0n) is 15.8. The van der Waals surface area contributed by atoms with Crippen LogP contribution in [0.3, 0.4) is 0 Å². The van der Waals surface area contributed by atoms with E-state index in [1.807, 2.05) is 30.3 Å². The van der Waals surface area contributed by atoms with Gasteiger partial charge in [-0.2, -0.15) is 0 Å². The highest BCUT2D eigenvalue weighted by Gasteiger charge is 2.22. The van der Waals surface area contributed by atoms with E-state index >= 15 is 0 Å². The fourth-order valence-corrected chi connectivity index (χ4v) is 2.96. The molecule has 2 aromatic rings. The molecule has 0 unspecified atom stereocenters. The third-order valence-corrected chi connectivity index (χ3v) is 4.46. The molecule has 1 aromatic heterocycles. The minimum absolute atomic E-state index is 0.158. The summed E-state index contributed by atoms with van der Waals surface area (Å²) in [6, 6.07) is 12.5. The Morgan fingerprint density at radius 2 is 1.46 bits per heavy atom. The normalized spacial score (nSPS) is 11.6. The molecular weight excluding hydrogens is 358 g/mol. The summed E-state index contributed by atoms with van der Waals surface area (Å²) in [6.45, 7) is 0. The van der Waals surface area contributed by atoms with Crippen LogP contribution < -0.4 is 10.8 Å². The summed E-state index contributed by atoms with van der Waals surface area (Å²) in [5.74, 6) is -0.725. The van der Waals surface area contributed by atoms with E-state index in [1.165, 1.54) is 4.57 Å². The number of benzene rings is 1. The van der Waals surface area contributed by atoms with Crippen molar-refractivity contribution < 1.29 is 19.6 Å². The third kappa shape index (κ3) is 7.36. The number of nitrogens with zero attached hydrogens (tertiary/aromatic N) is 1. The van der Waals surface area contributed by atoms with E-state index in [2.05, 4.69) is 5.32 Å². The van der Waals surface area contributed by atoms with E-state index in [4.69, 9.17) is 5.21 Å². The molecule has 0 fully saturated rings. The highest BCUT2D eigenvalue weighted by Crippen LogP contribution is 2.09. The van der Waals surface area contributed by atoms with Crippen molar-refractivity contribution in [2.45, 2.75) is 51.0 Å². The molecule has 0 spiro atoms. The van der Waals surface area contributed by atoms with Crippen molar-refractivity contribution in [2.75, 3.05) is 0 Å². The van der Waals surface area contributed by atoms with Crippen LogP contribution in [0.4, 0.5) is 0 Å². The Labute approximate surface area is 164 Å². The van der Waals surface area contributed by atoms with Crippen LogP contribution in [0, 0.1) is 0 Å². The fourth-order valence-electron chi connectivity index (χ4n) is 2.96. The molecule has 0 bridgehead atoms. The number of unbranched alkanes of at least 4 members (excludes halogenated alkanes) is 3. The van der Waals surface area contributed by atoms with Gasteiger partial charge in [-0.3, -0.25) is 24.2 Å². The van der Waals surface area contributed by atoms with Crippen molar-refractivity contribution in [3.05, 3.63) is 60.4 Å². The highest BCUT2D eigenvalue weighted by atomic mass is 16.5. The summed E-state index contributed by atoms with van der Waals surface area (Å²) in [5.41, 5.74) is 2.58. The Hall–Kier alpha value is -2.93. The van der Waals surface area contributed by atoms with E-state index in [0.29, 0.717) is 25.7 Å². The number of hydrogen-bond acceptors (Lipinski definition) is 4. The first-order valence-electron chi connectivity index (χ1n) is 9.53. The van der Waals surface area contributed by atoms with Crippen molar-refractivity contribution in [1.29, 1.82) is 0 Å². The quantitative estimate of drug-likeness (QED) is 0.314. The van der Waals surface area contributed by atoms with Crippen molar-refractivity contribution in [3.8, 4) is 0 Å². The second-order valence-corrected chi connectivity index (χ2v) is 6.69. The summed E-state index contributed by atoms with van der Waals surface area (Å²) in [5, 5.41) is 11.3. The maximum absolute atomic E-state index is 12.7. The first kappa shape index (κ1) is 21.4. The molecule has 0 aliphatic rings. The molecule has 7 nitrogen and oxygen atoms in total. The van der Waals surface area contributed by atoms with Crippen molar-refractivity contribution in [1.82, 2.24) is 15.4 Å². The molecule has 0 aliphatic heterocycles. The van der Waals surface area contributed by atoms with Crippen LogP contribution in [-0.2, 0) is 16.0 Å². The lowest BCUT2D eigenvalue weighted by atomic mass is 10.0. The number of rotatable bonds is 11. The zero-order valence-corrected chi connectivity index (χ0v) is 15.8. The van der Waals surface area contributed by atoms with Gasteiger partial charge in [0.2, 0.25) is 11.8 Å². The molecule has 28 heavy (non-hydrogen) atoms. The van der Waals surface area contributed by atoms with Gasteiger partial charge in [0.25, 0.3) is 5.91 Å². The molecule has 7 heteroatoms. The molecule has 2 amide bonds. The zero-order chi connectivity index (χ0) is 20.2. The molecule has 150 valence electrons.